The molecule has 6 rings (SSSR count). The van der Waals surface area contributed by atoms with Crippen LogP contribution in [0.25, 0.3) is 10.9 Å². The topological polar surface area (TPSA) is 34.5 Å². The zero-order chi connectivity index (χ0) is 18.0. The molecule has 0 spiro atoms. The Bertz CT molecular complexity index is 884. The summed E-state index contributed by atoms with van der Waals surface area (Å²) in [5.41, 5.74) is 4.93. The quantitative estimate of drug-likeness (QED) is 0.766. The number of hydrogen-bond donors (Lipinski definition) is 0. The molecule has 4 aliphatic rings. The van der Waals surface area contributed by atoms with Crippen molar-refractivity contribution in [3.8, 4) is 0 Å². The van der Waals surface area contributed by atoms with E-state index in [0.717, 1.165) is 30.3 Å². The maximum absolute atomic E-state index is 12.8. The molecule has 1 saturated carbocycles. The molecular weight excluding hydrogens is 324 g/mol. The van der Waals surface area contributed by atoms with Crippen LogP contribution in [0.4, 0.5) is 4.79 Å². The Morgan fingerprint density at radius 3 is 2.92 bits per heavy atom. The number of carbonyl (C=O) groups is 1. The zero-order valence-electron chi connectivity index (χ0n) is 16.0. The Balaban J connectivity index is 1.78. The molecule has 2 saturated heterocycles. The summed E-state index contributed by atoms with van der Waals surface area (Å²) in [5.74, 6) is 1.98. The van der Waals surface area contributed by atoms with E-state index in [1.54, 1.807) is 0 Å². The van der Waals surface area contributed by atoms with Gasteiger partial charge in [0.1, 0.15) is 0 Å². The summed E-state index contributed by atoms with van der Waals surface area (Å²) in [6, 6.07) is 7.05. The first-order chi connectivity index (χ1) is 12.6. The van der Waals surface area contributed by atoms with Crippen LogP contribution in [0.15, 0.2) is 18.2 Å². The fourth-order valence-electron chi connectivity index (χ4n) is 6.25. The Kier molecular flexibility index (Phi) is 3.68. The zero-order valence-corrected chi connectivity index (χ0v) is 16.0. The maximum atomic E-state index is 12.8. The van der Waals surface area contributed by atoms with Gasteiger partial charge in [-0.2, -0.15) is 0 Å². The summed E-state index contributed by atoms with van der Waals surface area (Å²) in [6.07, 6.45) is 4.62. The lowest BCUT2D eigenvalue weighted by Crippen LogP contribution is -2.56. The van der Waals surface area contributed by atoms with Crippen LogP contribution >= 0.6 is 0 Å². The Morgan fingerprint density at radius 2 is 2.15 bits per heavy atom. The Hall–Kier alpha value is -1.81. The number of hydrogen-bond acceptors (Lipinski definition) is 3. The van der Waals surface area contributed by atoms with Gasteiger partial charge in [-0.25, -0.2) is 9.36 Å². The average Bonchev–Trinajstić information content (AvgIpc) is 2.92. The predicted molar refractivity (Wildman–Crippen MR) is 103 cm³/mol. The van der Waals surface area contributed by atoms with Crippen LogP contribution in [0.3, 0.4) is 0 Å². The minimum absolute atomic E-state index is 0.233. The van der Waals surface area contributed by atoms with Crippen molar-refractivity contribution in [3.63, 3.8) is 0 Å². The highest BCUT2D eigenvalue weighted by atomic mass is 16.5. The molecule has 4 nitrogen and oxygen atoms in total. The van der Waals surface area contributed by atoms with Gasteiger partial charge in [-0.15, -0.1) is 0 Å². The molecule has 4 bridgehead atoms. The lowest BCUT2D eigenvalue weighted by molar-refractivity contribution is -0.0140. The van der Waals surface area contributed by atoms with E-state index in [2.05, 4.69) is 36.9 Å². The van der Waals surface area contributed by atoms with E-state index in [-0.39, 0.29) is 6.09 Å². The lowest BCUT2D eigenvalue weighted by atomic mass is 9.65. The fourth-order valence-corrected chi connectivity index (χ4v) is 6.25. The summed E-state index contributed by atoms with van der Waals surface area (Å²) in [6.45, 7) is 6.83. The molecule has 5 atom stereocenters. The minimum Gasteiger partial charge on any atom is -0.452 e. The largest absolute Gasteiger partial charge is 0.452 e. The summed E-state index contributed by atoms with van der Waals surface area (Å²) in [5, 5.41) is 1.25. The lowest BCUT2D eigenvalue weighted by Gasteiger charge is -2.53. The van der Waals surface area contributed by atoms with E-state index in [0.29, 0.717) is 12.0 Å². The van der Waals surface area contributed by atoms with Gasteiger partial charge in [0.25, 0.3) is 0 Å². The number of rotatable bonds is 1. The monoisotopic (exact) mass is 352 g/mol. The summed E-state index contributed by atoms with van der Waals surface area (Å²) >= 11 is 0. The second-order valence-corrected chi connectivity index (χ2v) is 8.54. The molecule has 3 unspecified atom stereocenters. The van der Waals surface area contributed by atoms with Gasteiger partial charge >= 0.3 is 6.09 Å². The van der Waals surface area contributed by atoms with E-state index >= 15 is 0 Å². The first kappa shape index (κ1) is 16.4. The van der Waals surface area contributed by atoms with Crippen molar-refractivity contribution in [1.29, 1.82) is 0 Å². The van der Waals surface area contributed by atoms with Crippen molar-refractivity contribution in [2.24, 2.45) is 11.8 Å². The highest BCUT2D eigenvalue weighted by Gasteiger charge is 2.49. The van der Waals surface area contributed by atoms with Crippen LogP contribution in [-0.2, 0) is 11.2 Å². The highest BCUT2D eigenvalue weighted by Crippen LogP contribution is 2.51. The highest BCUT2D eigenvalue weighted by molar-refractivity contribution is 5.94. The van der Waals surface area contributed by atoms with E-state index in [9.17, 15) is 4.79 Å². The van der Waals surface area contributed by atoms with Gasteiger partial charge in [0.2, 0.25) is 0 Å². The summed E-state index contributed by atoms with van der Waals surface area (Å²) < 4.78 is 7.13. The third-order valence-corrected chi connectivity index (χ3v) is 7.18. The van der Waals surface area contributed by atoms with Crippen molar-refractivity contribution >= 4 is 17.0 Å². The Morgan fingerprint density at radius 1 is 1.31 bits per heavy atom. The number of benzene rings is 1. The van der Waals surface area contributed by atoms with Crippen molar-refractivity contribution in [2.75, 3.05) is 20.2 Å². The fraction of sp³-hybridized carbons (Fsp3) is 0.591. The van der Waals surface area contributed by atoms with Crippen molar-refractivity contribution < 1.29 is 9.53 Å². The number of piperidine rings is 2. The van der Waals surface area contributed by atoms with E-state index in [1.807, 2.05) is 4.57 Å². The maximum Gasteiger partial charge on any atom is 0.418 e. The number of methoxy groups -OCH3 is 1. The molecule has 3 fully saturated rings. The SMILES string of the molecule is CCC1C[C@H]2C[C@H]3c4c(c5cc(C)ccc5n4C(=O)OC)CCN(C2)C13. The second-order valence-electron chi connectivity index (χ2n) is 8.54. The number of carbonyl (C=O) groups excluding carboxylic acids is 1. The number of fused-ring (bicyclic) bond motifs is 4. The molecule has 3 aliphatic heterocycles. The summed E-state index contributed by atoms with van der Waals surface area (Å²) in [7, 11) is 1.50. The van der Waals surface area contributed by atoms with Gasteiger partial charge in [0.15, 0.2) is 0 Å². The van der Waals surface area contributed by atoms with Crippen LogP contribution < -0.4 is 0 Å². The molecule has 4 heteroatoms. The van der Waals surface area contributed by atoms with Gasteiger partial charge < -0.3 is 4.74 Å². The molecule has 1 aromatic carbocycles. The van der Waals surface area contributed by atoms with Crippen LogP contribution in [-0.4, -0.2) is 41.8 Å². The predicted octanol–water partition coefficient (Wildman–Crippen LogP) is 4.32. The van der Waals surface area contributed by atoms with E-state index in [4.69, 9.17) is 4.74 Å². The van der Waals surface area contributed by atoms with Crippen LogP contribution in [0.1, 0.15) is 48.9 Å². The van der Waals surface area contributed by atoms with Gasteiger partial charge in [-0.3, -0.25) is 4.90 Å². The number of aromatic nitrogens is 1. The third kappa shape index (κ3) is 2.14. The van der Waals surface area contributed by atoms with Crippen molar-refractivity contribution in [1.82, 2.24) is 9.47 Å². The molecule has 138 valence electrons. The second kappa shape index (κ2) is 5.85. The van der Waals surface area contributed by atoms with Gasteiger partial charge in [-0.05, 0) is 55.7 Å². The van der Waals surface area contributed by atoms with Gasteiger partial charge in [0.05, 0.1) is 12.6 Å². The molecule has 0 radical (unpaired) electrons. The number of ether oxygens (including phenoxy) is 1. The molecule has 26 heavy (non-hydrogen) atoms. The number of nitrogens with zero attached hydrogens (tertiary/aromatic N) is 2. The minimum atomic E-state index is -0.233. The van der Waals surface area contributed by atoms with Gasteiger partial charge in [-0.1, -0.05) is 25.0 Å². The third-order valence-electron chi connectivity index (χ3n) is 7.18. The smallest absolute Gasteiger partial charge is 0.418 e. The van der Waals surface area contributed by atoms with E-state index < -0.39 is 0 Å². The molecular formula is C22H28N2O2. The van der Waals surface area contributed by atoms with Crippen LogP contribution in [0.5, 0.6) is 0 Å². The van der Waals surface area contributed by atoms with Crippen LogP contribution in [0.2, 0.25) is 0 Å². The molecule has 1 aromatic heterocycles. The number of aryl methyl sites for hydroxylation is 1. The molecule has 1 aliphatic carbocycles. The van der Waals surface area contributed by atoms with Crippen LogP contribution in [0, 0.1) is 18.8 Å². The van der Waals surface area contributed by atoms with E-state index in [1.165, 1.54) is 55.1 Å². The normalized spacial score (nSPS) is 32.3. The molecule has 0 amide bonds. The molecule has 0 N–H and O–H groups in total. The Labute approximate surface area is 155 Å². The van der Waals surface area contributed by atoms with Gasteiger partial charge in [0, 0.05) is 36.1 Å². The molecule has 2 aromatic rings. The average molecular weight is 352 g/mol. The standard InChI is InChI=1S/C22H28N2O2/c1-4-15-10-14-11-18-20(15)23(12-14)8-7-16-17-9-13(2)5-6-19(17)24(21(16)18)22(25)26-3/h5-6,9,14-15,18,20H,4,7-8,10-12H2,1-3H3/t14-,15?,18+,20?/m0/s1. The first-order valence-electron chi connectivity index (χ1n) is 10.1. The van der Waals surface area contributed by atoms with Crippen molar-refractivity contribution in [2.45, 2.75) is 51.5 Å². The molecule has 4 heterocycles. The van der Waals surface area contributed by atoms with Crippen molar-refractivity contribution in [3.05, 3.63) is 35.0 Å². The summed E-state index contributed by atoms with van der Waals surface area (Å²) in [4.78, 5) is 15.5. The first-order valence-corrected chi connectivity index (χ1v) is 10.1.